The number of carbonyl (C=O) groups is 1. The summed E-state index contributed by atoms with van der Waals surface area (Å²) in [5, 5.41) is 0. The van der Waals surface area contributed by atoms with Crippen molar-refractivity contribution in [3.63, 3.8) is 0 Å². The summed E-state index contributed by atoms with van der Waals surface area (Å²) >= 11 is 0. The topological polar surface area (TPSA) is 51.7 Å². The van der Waals surface area contributed by atoms with Crippen molar-refractivity contribution in [1.29, 1.82) is 0 Å². The molecule has 2 saturated heterocycles. The maximum atomic E-state index is 13.7. The van der Waals surface area contributed by atoms with Gasteiger partial charge in [-0.3, -0.25) is 9.78 Å². The minimum atomic E-state index is -0.383. The van der Waals surface area contributed by atoms with E-state index in [1.807, 2.05) is 30.3 Å². The fourth-order valence-corrected chi connectivity index (χ4v) is 5.17. The van der Waals surface area contributed by atoms with Crippen LogP contribution in [0.2, 0.25) is 0 Å². The second kappa shape index (κ2) is 6.80. The molecule has 1 amide bonds. The van der Waals surface area contributed by atoms with Crippen LogP contribution in [-0.4, -0.2) is 41.1 Å². The molecule has 2 bridgehead atoms. The first-order valence-corrected chi connectivity index (χ1v) is 10.2. The van der Waals surface area contributed by atoms with Gasteiger partial charge in [-0.2, -0.15) is 0 Å². The number of para-hydroxylation sites is 1. The first kappa shape index (κ1) is 17.5. The van der Waals surface area contributed by atoms with E-state index in [4.69, 9.17) is 9.47 Å². The van der Waals surface area contributed by atoms with Crippen LogP contribution in [0, 0.1) is 0 Å². The van der Waals surface area contributed by atoms with Gasteiger partial charge < -0.3 is 14.4 Å². The molecule has 2 aromatic rings. The lowest BCUT2D eigenvalue weighted by Gasteiger charge is -2.41. The number of fused-ring (bicyclic) bond motifs is 2. The van der Waals surface area contributed by atoms with Crippen LogP contribution < -0.4 is 9.47 Å². The monoisotopic (exact) mass is 378 g/mol. The van der Waals surface area contributed by atoms with Gasteiger partial charge in [-0.05, 0) is 43.9 Å². The van der Waals surface area contributed by atoms with Crippen molar-refractivity contribution >= 4 is 5.91 Å². The predicted molar refractivity (Wildman–Crippen MR) is 105 cm³/mol. The summed E-state index contributed by atoms with van der Waals surface area (Å²) in [5.74, 6) is 2.00. The molecule has 28 heavy (non-hydrogen) atoms. The average molecular weight is 378 g/mol. The molecule has 3 fully saturated rings. The van der Waals surface area contributed by atoms with Crippen molar-refractivity contribution < 1.29 is 14.3 Å². The molecular weight excluding hydrogens is 352 g/mol. The molecule has 146 valence electrons. The lowest BCUT2D eigenvalue weighted by atomic mass is 9.90. The van der Waals surface area contributed by atoms with Gasteiger partial charge in [0.15, 0.2) is 0 Å². The Balaban J connectivity index is 1.35. The molecule has 5 nitrogen and oxygen atoms in total. The summed E-state index contributed by atoms with van der Waals surface area (Å²) in [6.45, 7) is 0. The van der Waals surface area contributed by atoms with Crippen LogP contribution in [0.25, 0.3) is 0 Å². The van der Waals surface area contributed by atoms with Gasteiger partial charge in [-0.1, -0.05) is 18.2 Å². The highest BCUT2D eigenvalue weighted by Crippen LogP contribution is 2.54. The molecule has 2 atom stereocenters. The Labute approximate surface area is 165 Å². The van der Waals surface area contributed by atoms with E-state index >= 15 is 0 Å². The fourth-order valence-electron chi connectivity index (χ4n) is 5.17. The zero-order valence-corrected chi connectivity index (χ0v) is 16.2. The highest BCUT2D eigenvalue weighted by atomic mass is 16.5. The molecule has 1 aromatic carbocycles. The Bertz CT molecular complexity index is 851. The molecule has 0 radical (unpaired) electrons. The largest absolute Gasteiger partial charge is 0.496 e. The van der Waals surface area contributed by atoms with Crippen LogP contribution in [0.5, 0.6) is 11.5 Å². The number of rotatable bonds is 5. The summed E-state index contributed by atoms with van der Waals surface area (Å²) in [4.78, 5) is 19.9. The molecule has 1 saturated carbocycles. The second-order valence-corrected chi connectivity index (χ2v) is 8.27. The van der Waals surface area contributed by atoms with Crippen molar-refractivity contribution in [2.75, 3.05) is 7.11 Å². The second-order valence-electron chi connectivity index (χ2n) is 8.27. The maximum absolute atomic E-state index is 13.7. The van der Waals surface area contributed by atoms with Gasteiger partial charge in [0.05, 0.1) is 12.5 Å². The van der Waals surface area contributed by atoms with Gasteiger partial charge in [0.25, 0.3) is 0 Å². The van der Waals surface area contributed by atoms with Crippen LogP contribution in [-0.2, 0) is 10.2 Å². The molecular formula is C23H26N2O3. The summed E-state index contributed by atoms with van der Waals surface area (Å²) in [7, 11) is 1.69. The summed E-state index contributed by atoms with van der Waals surface area (Å²) in [6.07, 6.45) is 9.49. The molecule has 5 rings (SSSR count). The number of ether oxygens (including phenoxy) is 2. The number of methoxy groups -OCH3 is 1. The van der Waals surface area contributed by atoms with E-state index < -0.39 is 0 Å². The van der Waals surface area contributed by atoms with Crippen molar-refractivity contribution in [2.45, 2.75) is 62.1 Å². The van der Waals surface area contributed by atoms with Crippen LogP contribution in [0.4, 0.5) is 0 Å². The number of carbonyl (C=O) groups excluding carboxylic acids is 1. The van der Waals surface area contributed by atoms with Gasteiger partial charge in [-0.25, -0.2) is 0 Å². The molecule has 3 aliphatic rings. The van der Waals surface area contributed by atoms with E-state index in [2.05, 4.69) is 16.0 Å². The van der Waals surface area contributed by atoms with E-state index in [1.165, 1.54) is 0 Å². The van der Waals surface area contributed by atoms with E-state index in [0.717, 1.165) is 55.6 Å². The SMILES string of the molecule is COc1ccccc1C1(C(=O)N2C3CCC2CC(Oc2ccncc2)C3)CC1. The number of benzene rings is 1. The first-order chi connectivity index (χ1) is 13.7. The molecule has 2 aliphatic heterocycles. The third kappa shape index (κ3) is 2.84. The number of piperidine rings is 1. The Kier molecular flexibility index (Phi) is 4.26. The van der Waals surface area contributed by atoms with Crippen molar-refractivity contribution in [3.05, 3.63) is 54.4 Å². The fraction of sp³-hybridized carbons (Fsp3) is 0.478. The van der Waals surface area contributed by atoms with Crippen molar-refractivity contribution in [2.24, 2.45) is 0 Å². The Hall–Kier alpha value is -2.56. The number of pyridine rings is 1. The normalized spacial score (nSPS) is 27.3. The highest BCUT2D eigenvalue weighted by molar-refractivity contribution is 5.93. The quantitative estimate of drug-likeness (QED) is 0.796. The smallest absolute Gasteiger partial charge is 0.233 e. The number of nitrogens with zero attached hydrogens (tertiary/aromatic N) is 2. The van der Waals surface area contributed by atoms with E-state index in [9.17, 15) is 4.79 Å². The van der Waals surface area contributed by atoms with Crippen LogP contribution >= 0.6 is 0 Å². The van der Waals surface area contributed by atoms with Crippen molar-refractivity contribution in [3.8, 4) is 11.5 Å². The summed E-state index contributed by atoms with van der Waals surface area (Å²) in [6, 6.07) is 12.4. The molecule has 5 heteroatoms. The zero-order chi connectivity index (χ0) is 19.1. The summed E-state index contributed by atoms with van der Waals surface area (Å²) in [5.41, 5.74) is 0.670. The van der Waals surface area contributed by atoms with E-state index in [-0.39, 0.29) is 23.6 Å². The summed E-state index contributed by atoms with van der Waals surface area (Å²) < 4.78 is 11.8. The lowest BCUT2D eigenvalue weighted by Crippen LogP contribution is -2.52. The van der Waals surface area contributed by atoms with Gasteiger partial charge in [0.2, 0.25) is 5.91 Å². The van der Waals surface area contributed by atoms with Crippen LogP contribution in [0.15, 0.2) is 48.8 Å². The molecule has 3 heterocycles. The first-order valence-electron chi connectivity index (χ1n) is 10.2. The number of hydrogen-bond acceptors (Lipinski definition) is 4. The third-order valence-electron chi connectivity index (χ3n) is 6.66. The van der Waals surface area contributed by atoms with Crippen LogP contribution in [0.3, 0.4) is 0 Å². The van der Waals surface area contributed by atoms with Gasteiger partial charge >= 0.3 is 0 Å². The number of amides is 1. The molecule has 2 unspecified atom stereocenters. The number of aromatic nitrogens is 1. The number of hydrogen-bond donors (Lipinski definition) is 0. The zero-order valence-electron chi connectivity index (χ0n) is 16.2. The molecule has 0 spiro atoms. The third-order valence-corrected chi connectivity index (χ3v) is 6.66. The van der Waals surface area contributed by atoms with Gasteiger partial charge in [-0.15, -0.1) is 0 Å². The van der Waals surface area contributed by atoms with E-state index in [0.29, 0.717) is 5.91 Å². The van der Waals surface area contributed by atoms with Gasteiger partial charge in [0, 0.05) is 42.9 Å². The Morgan fingerprint density at radius 2 is 1.75 bits per heavy atom. The van der Waals surface area contributed by atoms with Crippen LogP contribution in [0.1, 0.15) is 44.1 Å². The average Bonchev–Trinajstić information content (AvgIpc) is 3.49. The molecule has 0 N–H and O–H groups in total. The van der Waals surface area contributed by atoms with E-state index in [1.54, 1.807) is 19.5 Å². The minimum Gasteiger partial charge on any atom is -0.496 e. The van der Waals surface area contributed by atoms with Gasteiger partial charge in [0.1, 0.15) is 17.6 Å². The highest BCUT2D eigenvalue weighted by Gasteiger charge is 2.58. The predicted octanol–water partition coefficient (Wildman–Crippen LogP) is 3.72. The maximum Gasteiger partial charge on any atom is 0.233 e. The minimum absolute atomic E-state index is 0.172. The standard InChI is InChI=1S/C23H26N2O3/c1-27-21-5-3-2-4-20(21)23(10-11-23)22(26)25-16-6-7-17(25)15-19(14-16)28-18-8-12-24-13-9-18/h2-5,8-9,12-13,16-17,19H,6-7,10-11,14-15H2,1H3. The Morgan fingerprint density at radius 1 is 1.07 bits per heavy atom. The van der Waals surface area contributed by atoms with Crippen molar-refractivity contribution in [1.82, 2.24) is 9.88 Å². The molecule has 1 aromatic heterocycles. The lowest BCUT2D eigenvalue weighted by molar-refractivity contribution is -0.140. The Morgan fingerprint density at radius 3 is 2.39 bits per heavy atom. The molecule has 1 aliphatic carbocycles.